The van der Waals surface area contributed by atoms with E-state index in [2.05, 4.69) is 16.7 Å². The van der Waals surface area contributed by atoms with E-state index in [-0.39, 0.29) is 11.8 Å². The lowest BCUT2D eigenvalue weighted by atomic mass is 9.97. The average Bonchev–Trinajstić information content (AvgIpc) is 3.42. The van der Waals surface area contributed by atoms with Gasteiger partial charge in [0, 0.05) is 31.9 Å². The molecular formula is C27H31N3O2. The summed E-state index contributed by atoms with van der Waals surface area (Å²) in [5, 5.41) is 0. The number of hydrogen-bond donors (Lipinski definition) is 0. The van der Waals surface area contributed by atoms with Crippen molar-refractivity contribution in [3.8, 4) is 0 Å². The van der Waals surface area contributed by atoms with Crippen molar-refractivity contribution in [2.75, 3.05) is 36.0 Å². The molecule has 3 heterocycles. The molecule has 3 aliphatic heterocycles. The predicted molar refractivity (Wildman–Crippen MR) is 128 cm³/mol. The van der Waals surface area contributed by atoms with E-state index in [1.165, 1.54) is 17.7 Å². The fourth-order valence-electron chi connectivity index (χ4n) is 5.05. The topological polar surface area (TPSA) is 43.9 Å². The van der Waals surface area contributed by atoms with E-state index in [0.717, 1.165) is 55.8 Å². The van der Waals surface area contributed by atoms with Gasteiger partial charge < -0.3 is 9.80 Å². The van der Waals surface area contributed by atoms with Crippen molar-refractivity contribution < 1.29 is 9.59 Å². The number of benzene rings is 2. The number of amides is 2. The third kappa shape index (κ3) is 3.70. The summed E-state index contributed by atoms with van der Waals surface area (Å²) < 4.78 is 0. The zero-order chi connectivity index (χ0) is 22.2. The van der Waals surface area contributed by atoms with Gasteiger partial charge in [0.25, 0.3) is 11.8 Å². The maximum atomic E-state index is 13.7. The van der Waals surface area contributed by atoms with Crippen LogP contribution in [0.5, 0.6) is 0 Å². The molecule has 0 bridgehead atoms. The van der Waals surface area contributed by atoms with Gasteiger partial charge in [0.1, 0.15) is 5.70 Å². The first-order valence-corrected chi connectivity index (χ1v) is 11.8. The molecule has 2 aromatic rings. The molecule has 0 aliphatic carbocycles. The zero-order valence-corrected chi connectivity index (χ0v) is 19.0. The minimum absolute atomic E-state index is 0.200. The van der Waals surface area contributed by atoms with Crippen LogP contribution in [0.1, 0.15) is 43.7 Å². The first-order valence-electron chi connectivity index (χ1n) is 11.8. The second-order valence-electron chi connectivity index (χ2n) is 9.42. The van der Waals surface area contributed by atoms with E-state index >= 15 is 0 Å². The second-order valence-corrected chi connectivity index (χ2v) is 9.42. The third-order valence-electron chi connectivity index (χ3n) is 7.08. The minimum Gasteiger partial charge on any atom is -0.372 e. The van der Waals surface area contributed by atoms with Gasteiger partial charge in [-0.25, -0.2) is 4.90 Å². The summed E-state index contributed by atoms with van der Waals surface area (Å²) in [5.41, 5.74) is 4.85. The van der Waals surface area contributed by atoms with Gasteiger partial charge in [-0.05, 0) is 68.4 Å². The normalized spacial score (nSPS) is 20.1. The van der Waals surface area contributed by atoms with Crippen LogP contribution in [0.4, 0.5) is 11.4 Å². The van der Waals surface area contributed by atoms with Gasteiger partial charge in [0.15, 0.2) is 0 Å². The van der Waals surface area contributed by atoms with Crippen molar-refractivity contribution in [1.29, 1.82) is 0 Å². The summed E-state index contributed by atoms with van der Waals surface area (Å²) in [5.74, 6) is 0.228. The van der Waals surface area contributed by atoms with E-state index in [1.807, 2.05) is 55.5 Å². The summed E-state index contributed by atoms with van der Waals surface area (Å²) >= 11 is 0. The van der Waals surface area contributed by atoms with E-state index in [4.69, 9.17) is 0 Å². The molecule has 32 heavy (non-hydrogen) atoms. The van der Waals surface area contributed by atoms with E-state index in [9.17, 15) is 9.59 Å². The summed E-state index contributed by atoms with van der Waals surface area (Å²) in [4.78, 5) is 33.2. The van der Waals surface area contributed by atoms with Crippen molar-refractivity contribution in [2.24, 2.45) is 5.92 Å². The van der Waals surface area contributed by atoms with Crippen LogP contribution in [0.2, 0.25) is 0 Å². The van der Waals surface area contributed by atoms with Crippen molar-refractivity contribution in [1.82, 2.24) is 4.90 Å². The fourth-order valence-corrected chi connectivity index (χ4v) is 5.05. The van der Waals surface area contributed by atoms with Gasteiger partial charge in [-0.1, -0.05) is 36.8 Å². The van der Waals surface area contributed by atoms with Crippen LogP contribution in [0.25, 0.3) is 5.57 Å². The van der Waals surface area contributed by atoms with E-state index in [1.54, 1.807) is 0 Å². The Kier molecular flexibility index (Phi) is 5.50. The van der Waals surface area contributed by atoms with E-state index < -0.39 is 0 Å². The number of anilines is 2. The second kappa shape index (κ2) is 8.45. The minimum atomic E-state index is -0.221. The molecule has 5 nitrogen and oxygen atoms in total. The molecule has 2 fully saturated rings. The molecule has 0 unspecified atom stereocenters. The van der Waals surface area contributed by atoms with Crippen LogP contribution in [0.3, 0.4) is 0 Å². The Balaban J connectivity index is 1.50. The van der Waals surface area contributed by atoms with Gasteiger partial charge in [-0.3, -0.25) is 9.59 Å². The standard InChI is InChI=1S/C27H31N3O2/c1-19-5-7-21(8-6-19)24-25(29-17-13-20(2)14-18-29)27(32)30(26(24)31)23-11-9-22(10-12-23)28-15-3-4-16-28/h5-12,20H,3-4,13-18H2,1-2H3. The van der Waals surface area contributed by atoms with Gasteiger partial charge in [0.2, 0.25) is 0 Å². The highest BCUT2D eigenvalue weighted by Gasteiger charge is 2.43. The molecule has 2 aromatic carbocycles. The molecule has 0 atom stereocenters. The third-order valence-corrected chi connectivity index (χ3v) is 7.08. The molecular weight excluding hydrogens is 398 g/mol. The number of hydrogen-bond acceptors (Lipinski definition) is 4. The Morgan fingerprint density at radius 3 is 1.94 bits per heavy atom. The lowest BCUT2D eigenvalue weighted by molar-refractivity contribution is -0.120. The molecule has 0 aromatic heterocycles. The fraction of sp³-hybridized carbons (Fsp3) is 0.407. The molecule has 5 heteroatoms. The van der Waals surface area contributed by atoms with Gasteiger partial charge in [-0.15, -0.1) is 0 Å². The lowest BCUT2D eigenvalue weighted by Gasteiger charge is -2.32. The Morgan fingerprint density at radius 2 is 1.31 bits per heavy atom. The monoisotopic (exact) mass is 429 g/mol. The molecule has 0 N–H and O–H groups in total. The smallest absolute Gasteiger partial charge is 0.282 e. The lowest BCUT2D eigenvalue weighted by Crippen LogP contribution is -2.38. The molecule has 5 rings (SSSR count). The highest BCUT2D eigenvalue weighted by Crippen LogP contribution is 2.37. The van der Waals surface area contributed by atoms with Crippen LogP contribution >= 0.6 is 0 Å². The number of likely N-dealkylation sites (tertiary alicyclic amines) is 1. The quantitative estimate of drug-likeness (QED) is 0.666. The Hall–Kier alpha value is -3.08. The maximum absolute atomic E-state index is 13.7. The Labute approximate surface area is 190 Å². The first kappa shape index (κ1) is 20.8. The van der Waals surface area contributed by atoms with Crippen molar-refractivity contribution in [3.05, 3.63) is 65.4 Å². The highest BCUT2D eigenvalue weighted by molar-refractivity contribution is 6.45. The van der Waals surface area contributed by atoms with Crippen molar-refractivity contribution in [2.45, 2.75) is 39.5 Å². The van der Waals surface area contributed by atoms with Crippen molar-refractivity contribution in [3.63, 3.8) is 0 Å². The van der Waals surface area contributed by atoms with Gasteiger partial charge in [0.05, 0.1) is 11.3 Å². The van der Waals surface area contributed by atoms with Crippen LogP contribution in [0.15, 0.2) is 54.2 Å². The average molecular weight is 430 g/mol. The number of rotatable bonds is 4. The summed E-state index contributed by atoms with van der Waals surface area (Å²) in [6.07, 6.45) is 4.51. The molecule has 0 saturated carbocycles. The van der Waals surface area contributed by atoms with Crippen LogP contribution < -0.4 is 9.80 Å². The largest absolute Gasteiger partial charge is 0.372 e. The molecule has 2 amide bonds. The van der Waals surface area contributed by atoms with E-state index in [0.29, 0.717) is 22.9 Å². The number of carbonyl (C=O) groups excluding carboxylic acids is 2. The summed E-state index contributed by atoms with van der Waals surface area (Å²) in [6.45, 7) is 8.04. The van der Waals surface area contributed by atoms with Crippen LogP contribution in [0, 0.1) is 12.8 Å². The molecule has 0 radical (unpaired) electrons. The number of nitrogens with zero attached hydrogens (tertiary/aromatic N) is 3. The molecule has 0 spiro atoms. The Morgan fingerprint density at radius 1 is 0.719 bits per heavy atom. The van der Waals surface area contributed by atoms with Crippen LogP contribution in [-0.4, -0.2) is 42.9 Å². The molecule has 166 valence electrons. The number of piperidine rings is 1. The summed E-state index contributed by atoms with van der Waals surface area (Å²) in [7, 11) is 0. The highest BCUT2D eigenvalue weighted by atomic mass is 16.2. The van der Waals surface area contributed by atoms with Gasteiger partial charge in [-0.2, -0.15) is 0 Å². The van der Waals surface area contributed by atoms with Crippen molar-refractivity contribution >= 4 is 28.8 Å². The van der Waals surface area contributed by atoms with Crippen LogP contribution in [-0.2, 0) is 9.59 Å². The van der Waals surface area contributed by atoms with Gasteiger partial charge >= 0.3 is 0 Å². The predicted octanol–water partition coefficient (Wildman–Crippen LogP) is 4.61. The number of aryl methyl sites for hydroxylation is 1. The SMILES string of the molecule is Cc1ccc(C2=C(N3CCC(C)CC3)C(=O)N(c3ccc(N4CCCC4)cc3)C2=O)cc1. The Bertz CT molecular complexity index is 1040. The summed E-state index contributed by atoms with van der Waals surface area (Å²) in [6, 6.07) is 15.8. The zero-order valence-electron chi connectivity index (χ0n) is 19.0. The number of carbonyl (C=O) groups is 2. The maximum Gasteiger partial charge on any atom is 0.282 e. The molecule has 2 saturated heterocycles. The first-order chi connectivity index (χ1) is 15.5. The number of imide groups is 1. The molecule has 3 aliphatic rings.